The van der Waals surface area contributed by atoms with Gasteiger partial charge in [-0.3, -0.25) is 9.78 Å². The maximum atomic E-state index is 11.3. The molecule has 0 saturated heterocycles. The van der Waals surface area contributed by atoms with Crippen LogP contribution in [0.2, 0.25) is 5.02 Å². The van der Waals surface area contributed by atoms with Crippen LogP contribution >= 0.6 is 11.6 Å². The zero-order valence-corrected chi connectivity index (χ0v) is 8.91. The van der Waals surface area contributed by atoms with Gasteiger partial charge < -0.3 is 4.74 Å². The lowest BCUT2D eigenvalue weighted by molar-refractivity contribution is -0.144. The van der Waals surface area contributed by atoms with E-state index in [1.807, 2.05) is 0 Å². The van der Waals surface area contributed by atoms with E-state index in [2.05, 4.69) is 4.98 Å². The molecule has 0 aromatic carbocycles. The molecule has 0 aliphatic heterocycles. The van der Waals surface area contributed by atoms with Crippen molar-refractivity contribution in [2.75, 3.05) is 6.61 Å². The molecule has 3 nitrogen and oxygen atoms in total. The lowest BCUT2D eigenvalue weighted by Crippen LogP contribution is -2.13. The van der Waals surface area contributed by atoms with E-state index in [-0.39, 0.29) is 11.9 Å². The van der Waals surface area contributed by atoms with Crippen molar-refractivity contribution in [3.8, 4) is 0 Å². The first-order chi connectivity index (χ1) is 6.65. The van der Waals surface area contributed by atoms with Crippen molar-refractivity contribution < 1.29 is 9.53 Å². The fourth-order valence-corrected chi connectivity index (χ4v) is 1.21. The maximum absolute atomic E-state index is 11.3. The third kappa shape index (κ3) is 2.70. The molecule has 0 N–H and O–H groups in total. The van der Waals surface area contributed by atoms with Gasteiger partial charge in [0.1, 0.15) is 0 Å². The van der Waals surface area contributed by atoms with Gasteiger partial charge in [0.25, 0.3) is 0 Å². The molecule has 0 amide bonds. The molecule has 76 valence electrons. The van der Waals surface area contributed by atoms with Crippen LogP contribution < -0.4 is 0 Å². The first-order valence-electron chi connectivity index (χ1n) is 4.43. The van der Waals surface area contributed by atoms with E-state index < -0.39 is 0 Å². The van der Waals surface area contributed by atoms with Crippen molar-refractivity contribution in [3.05, 3.63) is 29.0 Å². The van der Waals surface area contributed by atoms with Crippen molar-refractivity contribution in [1.29, 1.82) is 0 Å². The van der Waals surface area contributed by atoms with Crippen LogP contribution in [0.25, 0.3) is 0 Å². The molecule has 0 aliphatic rings. The molecular formula is C10H12ClNO2. The van der Waals surface area contributed by atoms with E-state index in [9.17, 15) is 4.79 Å². The summed E-state index contributed by atoms with van der Waals surface area (Å²) in [4.78, 5) is 15.4. The van der Waals surface area contributed by atoms with Gasteiger partial charge in [-0.2, -0.15) is 0 Å². The molecule has 1 rings (SSSR count). The minimum absolute atomic E-state index is 0.276. The van der Waals surface area contributed by atoms with E-state index in [1.54, 1.807) is 32.2 Å². The third-order valence-corrected chi connectivity index (χ3v) is 2.06. The second kappa shape index (κ2) is 4.96. The van der Waals surface area contributed by atoms with E-state index in [1.165, 1.54) is 0 Å². The summed E-state index contributed by atoms with van der Waals surface area (Å²) in [6.07, 6.45) is 1.58. The minimum Gasteiger partial charge on any atom is -0.465 e. The van der Waals surface area contributed by atoms with Gasteiger partial charge >= 0.3 is 5.97 Å². The van der Waals surface area contributed by atoms with Crippen molar-refractivity contribution in [2.24, 2.45) is 0 Å². The Hall–Kier alpha value is -1.09. The van der Waals surface area contributed by atoms with Crippen LogP contribution in [0.15, 0.2) is 18.3 Å². The predicted molar refractivity (Wildman–Crippen MR) is 54.3 cm³/mol. The molecule has 1 aromatic rings. The fourth-order valence-electron chi connectivity index (χ4n) is 1.05. The number of pyridine rings is 1. The van der Waals surface area contributed by atoms with E-state index in [4.69, 9.17) is 16.3 Å². The van der Waals surface area contributed by atoms with Crippen molar-refractivity contribution >= 4 is 17.6 Å². The standard InChI is InChI=1S/C10H12ClNO2/c1-3-14-10(13)7(2)9-6-8(11)4-5-12-9/h4-7H,3H2,1-2H3. The topological polar surface area (TPSA) is 39.2 Å². The second-order valence-corrected chi connectivity index (χ2v) is 3.31. The molecule has 0 bridgehead atoms. The average molecular weight is 214 g/mol. The first kappa shape index (κ1) is 11.0. The van der Waals surface area contributed by atoms with Crippen molar-refractivity contribution in [2.45, 2.75) is 19.8 Å². The van der Waals surface area contributed by atoms with Gasteiger partial charge in [0.05, 0.1) is 18.2 Å². The first-order valence-corrected chi connectivity index (χ1v) is 4.81. The monoisotopic (exact) mass is 213 g/mol. The molecule has 1 unspecified atom stereocenters. The number of nitrogens with zero attached hydrogens (tertiary/aromatic N) is 1. The zero-order valence-electron chi connectivity index (χ0n) is 8.16. The Morgan fingerprint density at radius 1 is 1.71 bits per heavy atom. The molecular weight excluding hydrogens is 202 g/mol. The third-order valence-electron chi connectivity index (χ3n) is 1.83. The summed E-state index contributed by atoms with van der Waals surface area (Å²) in [5.41, 5.74) is 0.635. The number of rotatable bonds is 3. The summed E-state index contributed by atoms with van der Waals surface area (Å²) in [5.74, 6) is -0.643. The number of hydrogen-bond acceptors (Lipinski definition) is 3. The Morgan fingerprint density at radius 2 is 2.43 bits per heavy atom. The molecule has 0 saturated carbocycles. The summed E-state index contributed by atoms with van der Waals surface area (Å²) >= 11 is 5.78. The molecule has 1 atom stereocenters. The molecule has 1 heterocycles. The molecule has 0 radical (unpaired) electrons. The Kier molecular flexibility index (Phi) is 3.89. The number of carbonyl (C=O) groups excluding carboxylic acids is 1. The van der Waals surface area contributed by atoms with Gasteiger partial charge in [-0.25, -0.2) is 0 Å². The van der Waals surface area contributed by atoms with Crippen LogP contribution in [0, 0.1) is 0 Å². The maximum Gasteiger partial charge on any atom is 0.314 e. The van der Waals surface area contributed by atoms with E-state index >= 15 is 0 Å². The van der Waals surface area contributed by atoms with Gasteiger partial charge in [0.15, 0.2) is 0 Å². The highest BCUT2D eigenvalue weighted by Crippen LogP contribution is 2.17. The lowest BCUT2D eigenvalue weighted by Gasteiger charge is -2.09. The lowest BCUT2D eigenvalue weighted by atomic mass is 10.1. The summed E-state index contributed by atoms with van der Waals surface area (Å²) in [6.45, 7) is 3.90. The highest BCUT2D eigenvalue weighted by molar-refractivity contribution is 6.30. The number of esters is 1. The smallest absolute Gasteiger partial charge is 0.314 e. The zero-order chi connectivity index (χ0) is 10.6. The average Bonchev–Trinajstić information content (AvgIpc) is 2.17. The van der Waals surface area contributed by atoms with Gasteiger partial charge in [0.2, 0.25) is 0 Å². The predicted octanol–water partition coefficient (Wildman–Crippen LogP) is 2.40. The highest BCUT2D eigenvalue weighted by Gasteiger charge is 2.17. The number of hydrogen-bond donors (Lipinski definition) is 0. The Labute approximate surface area is 88.1 Å². The second-order valence-electron chi connectivity index (χ2n) is 2.87. The van der Waals surface area contributed by atoms with E-state index in [0.29, 0.717) is 17.3 Å². The van der Waals surface area contributed by atoms with Crippen LogP contribution in [0.3, 0.4) is 0 Å². The van der Waals surface area contributed by atoms with E-state index in [0.717, 1.165) is 0 Å². The number of halogens is 1. The van der Waals surface area contributed by atoms with Crippen molar-refractivity contribution in [3.63, 3.8) is 0 Å². The Morgan fingerprint density at radius 3 is 3.00 bits per heavy atom. The largest absolute Gasteiger partial charge is 0.465 e. The molecule has 0 fully saturated rings. The minimum atomic E-state index is -0.367. The molecule has 0 spiro atoms. The normalized spacial score (nSPS) is 12.2. The summed E-state index contributed by atoms with van der Waals surface area (Å²) < 4.78 is 4.88. The van der Waals surface area contributed by atoms with Gasteiger partial charge in [-0.05, 0) is 26.0 Å². The van der Waals surface area contributed by atoms with Gasteiger partial charge in [-0.1, -0.05) is 11.6 Å². The van der Waals surface area contributed by atoms with Crippen LogP contribution in [0.1, 0.15) is 25.5 Å². The van der Waals surface area contributed by atoms with Crippen molar-refractivity contribution in [1.82, 2.24) is 4.98 Å². The number of carbonyl (C=O) groups is 1. The Bertz CT molecular complexity index is 328. The Balaban J connectivity index is 2.78. The highest BCUT2D eigenvalue weighted by atomic mass is 35.5. The van der Waals surface area contributed by atoms with Crippen LogP contribution in [-0.4, -0.2) is 17.6 Å². The van der Waals surface area contributed by atoms with Gasteiger partial charge in [0, 0.05) is 11.2 Å². The van der Waals surface area contributed by atoms with Crippen LogP contribution in [0.5, 0.6) is 0 Å². The summed E-state index contributed by atoms with van der Waals surface area (Å²) in [6, 6.07) is 3.34. The number of ether oxygens (including phenoxy) is 1. The molecule has 0 aliphatic carbocycles. The summed E-state index contributed by atoms with van der Waals surface area (Å²) in [5, 5.41) is 0.575. The fraction of sp³-hybridized carbons (Fsp3) is 0.400. The van der Waals surface area contributed by atoms with Gasteiger partial charge in [-0.15, -0.1) is 0 Å². The quantitative estimate of drug-likeness (QED) is 0.724. The molecule has 1 aromatic heterocycles. The number of aromatic nitrogens is 1. The molecule has 4 heteroatoms. The van der Waals surface area contributed by atoms with Crippen LogP contribution in [0.4, 0.5) is 0 Å². The SMILES string of the molecule is CCOC(=O)C(C)c1cc(Cl)ccn1. The van der Waals surface area contributed by atoms with Crippen LogP contribution in [-0.2, 0) is 9.53 Å². The molecule has 14 heavy (non-hydrogen) atoms. The summed E-state index contributed by atoms with van der Waals surface area (Å²) in [7, 11) is 0.